The van der Waals surface area contributed by atoms with Gasteiger partial charge in [0.1, 0.15) is 0 Å². The number of carbonyl (C=O) groups excluding carboxylic acids is 2. The van der Waals surface area contributed by atoms with Crippen LogP contribution < -0.4 is 19.9 Å². The van der Waals surface area contributed by atoms with Crippen molar-refractivity contribution in [1.29, 1.82) is 0 Å². The highest BCUT2D eigenvalue weighted by Gasteiger charge is 2.18. The summed E-state index contributed by atoms with van der Waals surface area (Å²) in [4.78, 5) is 23.6. The van der Waals surface area contributed by atoms with Gasteiger partial charge >= 0.3 is 0 Å². The van der Waals surface area contributed by atoms with Gasteiger partial charge in [-0.1, -0.05) is 17.7 Å². The molecule has 0 aliphatic rings. The zero-order valence-corrected chi connectivity index (χ0v) is 15.2. The Hall–Kier alpha value is -2.73. The number of hydrogen-bond donors (Lipinski definition) is 1. The van der Waals surface area contributed by atoms with E-state index in [2.05, 4.69) is 5.32 Å². The van der Waals surface area contributed by atoms with Gasteiger partial charge in [-0.2, -0.15) is 0 Å². The normalized spacial score (nSPS) is 11.5. The van der Waals surface area contributed by atoms with Crippen LogP contribution in [0, 0.1) is 0 Å². The predicted molar refractivity (Wildman–Crippen MR) is 95.4 cm³/mol. The van der Waals surface area contributed by atoms with E-state index >= 15 is 0 Å². The highest BCUT2D eigenvalue weighted by Crippen LogP contribution is 2.31. The summed E-state index contributed by atoms with van der Waals surface area (Å²) in [5, 5.41) is 14.3. The van der Waals surface area contributed by atoms with E-state index in [0.29, 0.717) is 34.3 Å². The van der Waals surface area contributed by atoms with Crippen LogP contribution in [0.3, 0.4) is 0 Å². The lowest BCUT2D eigenvalue weighted by molar-refractivity contribution is -0.306. The maximum absolute atomic E-state index is 12.4. The Morgan fingerprint density at radius 2 is 1.85 bits per heavy atom. The lowest BCUT2D eigenvalue weighted by Gasteiger charge is -2.21. The molecular weight excluding hydrogens is 358 g/mol. The SMILES string of the molecule is CCOc1ccc([C@H](CC(=O)[O-])NC(=O)c2ccc(Cl)cc2)cc1OC. The molecular formula is C19H19ClNO5-. The molecule has 0 heterocycles. The molecule has 0 aliphatic carbocycles. The molecule has 2 aromatic carbocycles. The van der Waals surface area contributed by atoms with Gasteiger partial charge < -0.3 is 24.7 Å². The van der Waals surface area contributed by atoms with Gasteiger partial charge in [0.15, 0.2) is 11.5 Å². The van der Waals surface area contributed by atoms with Crippen LogP contribution >= 0.6 is 11.6 Å². The average Bonchev–Trinajstić information content (AvgIpc) is 2.62. The number of nitrogens with one attached hydrogen (secondary N) is 1. The van der Waals surface area contributed by atoms with Gasteiger partial charge in [0.05, 0.1) is 19.8 Å². The largest absolute Gasteiger partial charge is 0.550 e. The highest BCUT2D eigenvalue weighted by atomic mass is 35.5. The van der Waals surface area contributed by atoms with Crippen molar-refractivity contribution in [1.82, 2.24) is 5.32 Å². The van der Waals surface area contributed by atoms with Gasteiger partial charge in [0.2, 0.25) is 0 Å². The third kappa shape index (κ3) is 5.13. The zero-order chi connectivity index (χ0) is 19.1. The second kappa shape index (κ2) is 9.10. The third-order valence-electron chi connectivity index (χ3n) is 3.67. The molecule has 2 rings (SSSR count). The van der Waals surface area contributed by atoms with Gasteiger partial charge in [0.25, 0.3) is 5.91 Å². The number of rotatable bonds is 8. The Kier molecular flexibility index (Phi) is 6.86. The summed E-state index contributed by atoms with van der Waals surface area (Å²) in [5.41, 5.74) is 0.937. The number of amides is 1. The van der Waals surface area contributed by atoms with Crippen molar-refractivity contribution in [2.24, 2.45) is 0 Å². The smallest absolute Gasteiger partial charge is 0.251 e. The fourth-order valence-electron chi connectivity index (χ4n) is 2.44. The number of carboxylic acids is 1. The molecule has 0 spiro atoms. The minimum Gasteiger partial charge on any atom is -0.550 e. The number of benzene rings is 2. The Bertz CT molecular complexity index is 776. The second-order valence-corrected chi connectivity index (χ2v) is 5.89. The summed E-state index contributed by atoms with van der Waals surface area (Å²) in [6, 6.07) is 10.5. The van der Waals surface area contributed by atoms with Crippen LogP contribution in [0.15, 0.2) is 42.5 Å². The van der Waals surface area contributed by atoms with Gasteiger partial charge in [-0.15, -0.1) is 0 Å². The minimum absolute atomic E-state index is 0.371. The maximum atomic E-state index is 12.4. The first-order valence-corrected chi connectivity index (χ1v) is 8.39. The fraction of sp³-hybridized carbons (Fsp3) is 0.263. The van der Waals surface area contributed by atoms with Gasteiger partial charge in [0, 0.05) is 23.0 Å². The number of ether oxygens (including phenoxy) is 2. The van der Waals surface area contributed by atoms with Gasteiger partial charge in [-0.25, -0.2) is 0 Å². The van der Waals surface area contributed by atoms with Gasteiger partial charge in [-0.05, 0) is 48.9 Å². The van der Waals surface area contributed by atoms with Crippen molar-refractivity contribution in [3.63, 3.8) is 0 Å². The van der Waals surface area contributed by atoms with Crippen molar-refractivity contribution in [3.05, 3.63) is 58.6 Å². The summed E-state index contributed by atoms with van der Waals surface area (Å²) < 4.78 is 10.7. The molecule has 7 heteroatoms. The van der Waals surface area contributed by atoms with E-state index in [-0.39, 0.29) is 6.42 Å². The van der Waals surface area contributed by atoms with Crippen molar-refractivity contribution < 1.29 is 24.2 Å². The molecule has 1 amide bonds. The third-order valence-corrected chi connectivity index (χ3v) is 3.92. The molecule has 2 aromatic rings. The molecule has 26 heavy (non-hydrogen) atoms. The van der Waals surface area contributed by atoms with Crippen molar-refractivity contribution in [3.8, 4) is 11.5 Å². The van der Waals surface area contributed by atoms with Crippen LogP contribution in [0.4, 0.5) is 0 Å². The number of carbonyl (C=O) groups is 2. The first-order chi connectivity index (χ1) is 12.4. The Balaban J connectivity index is 2.27. The van der Waals surface area contributed by atoms with Crippen molar-refractivity contribution in [2.75, 3.05) is 13.7 Å². The van der Waals surface area contributed by atoms with Crippen molar-refractivity contribution in [2.45, 2.75) is 19.4 Å². The number of halogens is 1. The van der Waals surface area contributed by atoms with E-state index in [1.165, 1.54) is 7.11 Å². The molecule has 0 aliphatic heterocycles. The van der Waals surface area contributed by atoms with E-state index in [4.69, 9.17) is 21.1 Å². The predicted octanol–water partition coefficient (Wildman–Crippen LogP) is 2.36. The molecule has 6 nitrogen and oxygen atoms in total. The summed E-state index contributed by atoms with van der Waals surface area (Å²) in [7, 11) is 1.49. The van der Waals surface area contributed by atoms with Crippen LogP contribution in [0.1, 0.15) is 35.3 Å². The molecule has 0 saturated heterocycles. The lowest BCUT2D eigenvalue weighted by Crippen LogP contribution is -2.34. The summed E-state index contributed by atoms with van der Waals surface area (Å²) >= 11 is 5.82. The molecule has 0 unspecified atom stereocenters. The molecule has 0 fully saturated rings. The average molecular weight is 377 g/mol. The summed E-state index contributed by atoms with van der Waals surface area (Å²) in [6.07, 6.45) is -0.379. The lowest BCUT2D eigenvalue weighted by atomic mass is 10.0. The standard InChI is InChI=1S/C19H20ClNO5/c1-3-26-16-9-6-13(10-17(16)25-2)15(11-18(22)23)21-19(24)12-4-7-14(20)8-5-12/h4-10,15H,3,11H2,1-2H3,(H,21,24)(H,22,23)/p-1/t15-/m0/s1. The first kappa shape index (κ1) is 19.6. The topological polar surface area (TPSA) is 87.7 Å². The molecule has 138 valence electrons. The Labute approximate surface area is 156 Å². The van der Waals surface area contributed by atoms with Crippen LogP contribution in [-0.2, 0) is 4.79 Å². The number of aliphatic carboxylic acids is 1. The molecule has 0 bridgehead atoms. The first-order valence-electron chi connectivity index (χ1n) is 8.01. The summed E-state index contributed by atoms with van der Waals surface area (Å²) in [6.45, 7) is 2.31. The minimum atomic E-state index is -1.28. The molecule has 1 atom stereocenters. The molecule has 0 aromatic heterocycles. The molecule has 0 saturated carbocycles. The monoisotopic (exact) mass is 376 g/mol. The van der Waals surface area contributed by atoms with Crippen LogP contribution in [0.25, 0.3) is 0 Å². The van der Waals surface area contributed by atoms with E-state index in [1.54, 1.807) is 42.5 Å². The number of carboxylic acid groups (broad SMARTS) is 1. The van der Waals surface area contributed by atoms with Gasteiger partial charge in [-0.3, -0.25) is 4.79 Å². The van der Waals surface area contributed by atoms with E-state index in [1.807, 2.05) is 6.92 Å². The number of hydrogen-bond acceptors (Lipinski definition) is 5. The highest BCUT2D eigenvalue weighted by molar-refractivity contribution is 6.30. The zero-order valence-electron chi connectivity index (χ0n) is 14.5. The maximum Gasteiger partial charge on any atom is 0.251 e. The molecule has 1 N–H and O–H groups in total. The Morgan fingerprint density at radius 3 is 2.42 bits per heavy atom. The van der Waals surface area contributed by atoms with Crippen LogP contribution in [0.5, 0.6) is 11.5 Å². The van der Waals surface area contributed by atoms with Crippen LogP contribution in [-0.4, -0.2) is 25.6 Å². The number of methoxy groups -OCH3 is 1. The fourth-order valence-corrected chi connectivity index (χ4v) is 2.56. The van der Waals surface area contributed by atoms with E-state index in [0.717, 1.165) is 0 Å². The second-order valence-electron chi connectivity index (χ2n) is 5.45. The molecule has 0 radical (unpaired) electrons. The van der Waals surface area contributed by atoms with E-state index in [9.17, 15) is 14.7 Å². The van der Waals surface area contributed by atoms with Crippen LogP contribution in [0.2, 0.25) is 5.02 Å². The van der Waals surface area contributed by atoms with E-state index < -0.39 is 17.9 Å². The van der Waals surface area contributed by atoms with Crippen molar-refractivity contribution >= 4 is 23.5 Å². The Morgan fingerprint density at radius 1 is 1.15 bits per heavy atom. The quantitative estimate of drug-likeness (QED) is 0.764. The summed E-state index contributed by atoms with van der Waals surface area (Å²) in [5.74, 6) is -0.705.